The van der Waals surface area contributed by atoms with E-state index in [0.29, 0.717) is 18.1 Å². The molecule has 0 radical (unpaired) electrons. The number of carbonyl (C=O) groups is 1. The van der Waals surface area contributed by atoms with Gasteiger partial charge < -0.3 is 5.11 Å². The molecule has 20 heavy (non-hydrogen) atoms. The molecule has 106 valence electrons. The first-order valence-electron chi connectivity index (χ1n) is 6.02. The first-order chi connectivity index (χ1) is 9.61. The minimum atomic E-state index is -1.08. The Bertz CT molecular complexity index is 617. The van der Waals surface area contributed by atoms with E-state index in [-0.39, 0.29) is 10.5 Å². The predicted octanol–water partition coefficient (Wildman–Crippen LogP) is 2.21. The van der Waals surface area contributed by atoms with Crippen LogP contribution in [0.5, 0.6) is 0 Å². The average Bonchev–Trinajstić information content (AvgIpc) is 2.85. The average molecular weight is 296 g/mol. The van der Waals surface area contributed by atoms with Crippen LogP contribution in [0.1, 0.15) is 29.5 Å². The van der Waals surface area contributed by atoms with Gasteiger partial charge in [0.1, 0.15) is 5.82 Å². The van der Waals surface area contributed by atoms with E-state index in [9.17, 15) is 9.18 Å². The predicted molar refractivity (Wildman–Crippen MR) is 71.0 cm³/mol. The van der Waals surface area contributed by atoms with E-state index in [1.807, 2.05) is 6.92 Å². The lowest BCUT2D eigenvalue weighted by Crippen LogP contribution is -2.04. The number of benzene rings is 1. The van der Waals surface area contributed by atoms with Gasteiger partial charge in [0.05, 0.1) is 11.3 Å². The van der Waals surface area contributed by atoms with E-state index in [1.165, 1.54) is 23.9 Å². The summed E-state index contributed by atoms with van der Waals surface area (Å²) in [5.41, 5.74) is 0.0575. The fraction of sp³-hybridized carbons (Fsp3) is 0.333. The van der Waals surface area contributed by atoms with Gasteiger partial charge in [-0.05, 0) is 35.0 Å². The van der Waals surface area contributed by atoms with Crippen molar-refractivity contribution in [1.29, 1.82) is 0 Å². The third-order valence-corrected chi connectivity index (χ3v) is 3.60. The standard InChI is InChI=1S/C12H13FN4O2S/c1-2-5-17-11(14-15-16-17)7-20-10-6-8(12(18)19)3-4-9(10)13/h3-4,6H,2,5,7H2,1H3,(H,18,19). The van der Waals surface area contributed by atoms with Gasteiger partial charge in [0.25, 0.3) is 0 Å². The number of nitrogens with zero attached hydrogens (tertiary/aromatic N) is 4. The molecule has 0 atom stereocenters. The van der Waals surface area contributed by atoms with Crippen molar-refractivity contribution >= 4 is 17.7 Å². The van der Waals surface area contributed by atoms with Crippen molar-refractivity contribution in [2.24, 2.45) is 0 Å². The van der Waals surface area contributed by atoms with Crippen molar-refractivity contribution in [2.45, 2.75) is 30.5 Å². The summed E-state index contributed by atoms with van der Waals surface area (Å²) in [6.45, 7) is 2.70. The molecule has 2 aromatic rings. The number of rotatable bonds is 6. The molecule has 6 nitrogen and oxygen atoms in total. The molecule has 0 amide bonds. The Labute approximate surface area is 119 Å². The fourth-order valence-corrected chi connectivity index (χ4v) is 2.51. The van der Waals surface area contributed by atoms with E-state index < -0.39 is 11.8 Å². The van der Waals surface area contributed by atoms with E-state index in [4.69, 9.17) is 5.11 Å². The van der Waals surface area contributed by atoms with Crippen molar-refractivity contribution in [1.82, 2.24) is 20.2 Å². The quantitative estimate of drug-likeness (QED) is 0.823. The molecule has 0 unspecified atom stereocenters. The molecular formula is C12H13FN4O2S. The molecule has 0 aliphatic heterocycles. The maximum absolute atomic E-state index is 13.6. The molecule has 8 heteroatoms. The maximum atomic E-state index is 13.6. The molecule has 0 saturated heterocycles. The van der Waals surface area contributed by atoms with Crippen molar-refractivity contribution in [3.8, 4) is 0 Å². The smallest absolute Gasteiger partial charge is 0.335 e. The lowest BCUT2D eigenvalue weighted by Gasteiger charge is -2.05. The molecular weight excluding hydrogens is 283 g/mol. The lowest BCUT2D eigenvalue weighted by molar-refractivity contribution is 0.0696. The molecule has 0 spiro atoms. The number of carboxylic acid groups (broad SMARTS) is 1. The van der Waals surface area contributed by atoms with Crippen LogP contribution in [0.2, 0.25) is 0 Å². The Balaban J connectivity index is 2.12. The SMILES string of the molecule is CCCn1nnnc1CSc1cc(C(=O)O)ccc1F. The van der Waals surface area contributed by atoms with Gasteiger partial charge in [-0.2, -0.15) is 0 Å². The van der Waals surface area contributed by atoms with Crippen molar-refractivity contribution in [2.75, 3.05) is 0 Å². The number of thioether (sulfide) groups is 1. The molecule has 1 heterocycles. The van der Waals surface area contributed by atoms with Crippen LogP contribution < -0.4 is 0 Å². The third-order valence-electron chi connectivity index (χ3n) is 2.58. The van der Waals surface area contributed by atoms with Crippen LogP contribution in [-0.2, 0) is 12.3 Å². The second kappa shape index (κ2) is 6.47. The summed E-state index contributed by atoms with van der Waals surface area (Å²) in [6.07, 6.45) is 0.894. The number of carboxylic acids is 1. The van der Waals surface area contributed by atoms with Gasteiger partial charge in [0.15, 0.2) is 5.82 Å². The van der Waals surface area contributed by atoms with Gasteiger partial charge in [-0.15, -0.1) is 16.9 Å². The minimum Gasteiger partial charge on any atom is -0.478 e. The normalized spacial score (nSPS) is 10.7. The summed E-state index contributed by atoms with van der Waals surface area (Å²) in [6, 6.07) is 3.71. The summed E-state index contributed by atoms with van der Waals surface area (Å²) in [5, 5.41) is 20.2. The Morgan fingerprint density at radius 1 is 1.50 bits per heavy atom. The molecule has 1 aromatic carbocycles. The zero-order valence-electron chi connectivity index (χ0n) is 10.8. The Kier molecular flexibility index (Phi) is 4.67. The van der Waals surface area contributed by atoms with Gasteiger partial charge in [-0.3, -0.25) is 0 Å². The topological polar surface area (TPSA) is 80.9 Å². The second-order valence-corrected chi connectivity index (χ2v) is 5.07. The van der Waals surface area contributed by atoms with E-state index >= 15 is 0 Å². The fourth-order valence-electron chi connectivity index (χ4n) is 1.60. The molecule has 0 fully saturated rings. The molecule has 1 aromatic heterocycles. The first-order valence-corrected chi connectivity index (χ1v) is 7.01. The second-order valence-electron chi connectivity index (χ2n) is 4.06. The van der Waals surface area contributed by atoms with Gasteiger partial charge in [0.2, 0.25) is 0 Å². The summed E-state index contributed by atoms with van der Waals surface area (Å²) >= 11 is 1.17. The Morgan fingerprint density at radius 2 is 2.30 bits per heavy atom. The molecule has 0 aliphatic rings. The minimum absolute atomic E-state index is 0.0575. The van der Waals surface area contributed by atoms with Gasteiger partial charge in [-0.25, -0.2) is 13.9 Å². The number of tetrazole rings is 1. The highest BCUT2D eigenvalue weighted by molar-refractivity contribution is 7.98. The van der Waals surface area contributed by atoms with Crippen LogP contribution in [0.25, 0.3) is 0 Å². The molecule has 0 saturated carbocycles. The molecule has 1 N–H and O–H groups in total. The van der Waals surface area contributed by atoms with Crippen molar-refractivity contribution < 1.29 is 14.3 Å². The zero-order valence-corrected chi connectivity index (χ0v) is 11.6. The van der Waals surface area contributed by atoms with Crippen molar-refractivity contribution in [3.63, 3.8) is 0 Å². The maximum Gasteiger partial charge on any atom is 0.335 e. The molecule has 2 rings (SSSR count). The largest absolute Gasteiger partial charge is 0.478 e. The van der Waals surface area contributed by atoms with Crippen LogP contribution in [-0.4, -0.2) is 31.3 Å². The highest BCUT2D eigenvalue weighted by atomic mass is 32.2. The first kappa shape index (κ1) is 14.4. The zero-order chi connectivity index (χ0) is 14.5. The van der Waals surface area contributed by atoms with Gasteiger partial charge >= 0.3 is 5.97 Å². The Morgan fingerprint density at radius 3 is 3.00 bits per heavy atom. The highest BCUT2D eigenvalue weighted by Crippen LogP contribution is 2.25. The van der Waals surface area contributed by atoms with Crippen molar-refractivity contribution in [3.05, 3.63) is 35.4 Å². The van der Waals surface area contributed by atoms with Crippen LogP contribution >= 0.6 is 11.8 Å². The van der Waals surface area contributed by atoms with E-state index in [2.05, 4.69) is 15.5 Å². The van der Waals surface area contributed by atoms with E-state index in [0.717, 1.165) is 12.5 Å². The highest BCUT2D eigenvalue weighted by Gasteiger charge is 2.11. The summed E-state index contributed by atoms with van der Waals surface area (Å²) in [7, 11) is 0. The van der Waals surface area contributed by atoms with Crippen LogP contribution in [0.15, 0.2) is 23.1 Å². The number of aryl methyl sites for hydroxylation is 1. The summed E-state index contributed by atoms with van der Waals surface area (Å²) in [5.74, 6) is -0.512. The molecule has 0 aliphatic carbocycles. The Hall–Kier alpha value is -1.96. The number of hydrogen-bond acceptors (Lipinski definition) is 5. The van der Waals surface area contributed by atoms with Crippen LogP contribution in [0.3, 0.4) is 0 Å². The lowest BCUT2D eigenvalue weighted by atomic mass is 10.2. The van der Waals surface area contributed by atoms with Crippen LogP contribution in [0, 0.1) is 5.82 Å². The number of aromatic nitrogens is 4. The van der Waals surface area contributed by atoms with Gasteiger partial charge in [0, 0.05) is 11.4 Å². The summed E-state index contributed by atoms with van der Waals surface area (Å²) in [4.78, 5) is 11.1. The number of halogens is 1. The number of aromatic carboxylic acids is 1. The van der Waals surface area contributed by atoms with E-state index in [1.54, 1.807) is 4.68 Å². The molecule has 0 bridgehead atoms. The van der Waals surface area contributed by atoms with Crippen LogP contribution in [0.4, 0.5) is 4.39 Å². The third kappa shape index (κ3) is 3.32. The van der Waals surface area contributed by atoms with Gasteiger partial charge in [-0.1, -0.05) is 6.92 Å². The summed E-state index contributed by atoms with van der Waals surface area (Å²) < 4.78 is 15.3. The number of hydrogen-bond donors (Lipinski definition) is 1. The monoisotopic (exact) mass is 296 g/mol.